The van der Waals surface area contributed by atoms with Crippen molar-refractivity contribution in [3.05, 3.63) is 59.9 Å². The van der Waals surface area contributed by atoms with Gasteiger partial charge in [0.2, 0.25) is 0 Å². The number of hydrogen-bond donors (Lipinski definition) is 3. The molecular weight excluding hydrogens is 423 g/mol. The van der Waals surface area contributed by atoms with Crippen molar-refractivity contribution in [1.82, 2.24) is 9.97 Å². The molecule has 2 aromatic heterocycles. The number of aryl methyl sites for hydroxylation is 2. The predicted molar refractivity (Wildman–Crippen MR) is 128 cm³/mol. The number of hydrogen-bond acceptors (Lipinski definition) is 5. The Labute approximate surface area is 186 Å². The Balaban J connectivity index is 0.00000160. The number of fused-ring (bicyclic) bond motifs is 2. The zero-order chi connectivity index (χ0) is 20.0. The number of pyridine rings is 2. The van der Waals surface area contributed by atoms with Crippen LogP contribution in [0.25, 0.3) is 21.8 Å². The fourth-order valence-electron chi connectivity index (χ4n) is 3.44. The van der Waals surface area contributed by atoms with Crippen LogP contribution < -0.4 is 22.1 Å². The van der Waals surface area contributed by atoms with Gasteiger partial charge in [0.05, 0.1) is 22.4 Å². The lowest BCUT2D eigenvalue weighted by Gasteiger charge is -2.22. The smallest absolute Gasteiger partial charge is 0.323 e. The summed E-state index contributed by atoms with van der Waals surface area (Å²) in [5.74, 6) is 0. The first-order valence-corrected chi connectivity index (χ1v) is 8.77. The van der Waals surface area contributed by atoms with E-state index in [1.165, 1.54) is 4.90 Å². The number of amides is 2. The standard InChI is InChI=1S/C21H20N6O.2ClH/c1-11-7-17(22)15-9-13(3-5-19(15)25-11)27(21(24)28)14-4-6-20-16(10-14)18(23)8-12(2)26-20;;/h3-10H,1-2H3,(H2,22,25)(H2,23,26)(H2,24,28);2*1H. The third kappa shape index (κ3) is 4.03. The van der Waals surface area contributed by atoms with Gasteiger partial charge in [-0.2, -0.15) is 0 Å². The molecule has 0 saturated carbocycles. The van der Waals surface area contributed by atoms with Crippen molar-refractivity contribution in [2.45, 2.75) is 13.8 Å². The van der Waals surface area contributed by atoms with Crippen molar-refractivity contribution in [2.24, 2.45) is 5.73 Å². The quantitative estimate of drug-likeness (QED) is 0.415. The van der Waals surface area contributed by atoms with Crippen molar-refractivity contribution in [3.63, 3.8) is 0 Å². The fraction of sp³-hybridized carbons (Fsp3) is 0.0952. The van der Waals surface area contributed by atoms with Crippen molar-refractivity contribution >= 4 is 75.4 Å². The number of nitrogens with zero attached hydrogens (tertiary/aromatic N) is 3. The minimum Gasteiger partial charge on any atom is -0.398 e. The van der Waals surface area contributed by atoms with E-state index in [0.717, 1.165) is 33.2 Å². The average Bonchev–Trinajstić information content (AvgIpc) is 2.62. The third-order valence-electron chi connectivity index (χ3n) is 4.64. The molecule has 4 aromatic rings. The summed E-state index contributed by atoms with van der Waals surface area (Å²) in [6.07, 6.45) is 0. The highest BCUT2D eigenvalue weighted by molar-refractivity contribution is 6.04. The van der Waals surface area contributed by atoms with Gasteiger partial charge in [-0.05, 0) is 62.4 Å². The lowest BCUT2D eigenvalue weighted by molar-refractivity contribution is 0.256. The summed E-state index contributed by atoms with van der Waals surface area (Å²) >= 11 is 0. The van der Waals surface area contributed by atoms with Gasteiger partial charge in [0.1, 0.15) is 0 Å². The van der Waals surface area contributed by atoms with E-state index in [0.29, 0.717) is 22.7 Å². The highest BCUT2D eigenvalue weighted by Gasteiger charge is 2.17. The van der Waals surface area contributed by atoms with E-state index in [9.17, 15) is 4.79 Å². The van der Waals surface area contributed by atoms with Crippen LogP contribution in [0, 0.1) is 13.8 Å². The number of carbonyl (C=O) groups excluding carboxylic acids is 1. The minimum absolute atomic E-state index is 0. The fourth-order valence-corrected chi connectivity index (χ4v) is 3.44. The van der Waals surface area contributed by atoms with Gasteiger partial charge >= 0.3 is 6.03 Å². The summed E-state index contributed by atoms with van der Waals surface area (Å²) in [6.45, 7) is 3.77. The Morgan fingerprint density at radius 1 is 0.767 bits per heavy atom. The number of nitrogens with two attached hydrogens (primary N) is 3. The molecule has 2 aromatic carbocycles. The zero-order valence-electron chi connectivity index (χ0n) is 16.4. The van der Waals surface area contributed by atoms with Gasteiger partial charge in [0.25, 0.3) is 0 Å². The second-order valence-corrected chi connectivity index (χ2v) is 6.78. The van der Waals surface area contributed by atoms with Gasteiger partial charge in [-0.25, -0.2) is 4.79 Å². The maximum atomic E-state index is 12.3. The highest BCUT2D eigenvalue weighted by atomic mass is 35.5. The van der Waals surface area contributed by atoms with Crippen LogP contribution in [-0.4, -0.2) is 16.0 Å². The molecule has 0 radical (unpaired) electrons. The average molecular weight is 445 g/mol. The molecule has 4 rings (SSSR count). The maximum Gasteiger partial charge on any atom is 0.323 e. The molecule has 0 aliphatic carbocycles. The Kier molecular flexibility index (Phi) is 6.60. The van der Waals surface area contributed by atoms with Gasteiger partial charge in [0, 0.05) is 33.5 Å². The van der Waals surface area contributed by atoms with E-state index in [-0.39, 0.29) is 24.8 Å². The van der Waals surface area contributed by atoms with Gasteiger partial charge in [-0.1, -0.05) is 0 Å². The van der Waals surface area contributed by atoms with E-state index >= 15 is 0 Å². The first kappa shape index (κ1) is 23.0. The molecular formula is C21H22Cl2N6O. The minimum atomic E-state index is -0.615. The summed E-state index contributed by atoms with van der Waals surface area (Å²) in [5, 5.41) is 1.51. The highest BCUT2D eigenvalue weighted by Crippen LogP contribution is 2.33. The van der Waals surface area contributed by atoms with E-state index in [2.05, 4.69) is 9.97 Å². The molecule has 0 spiro atoms. The molecule has 6 N–H and O–H groups in total. The van der Waals surface area contributed by atoms with E-state index < -0.39 is 6.03 Å². The first-order chi connectivity index (χ1) is 13.3. The molecule has 0 saturated heterocycles. The van der Waals surface area contributed by atoms with E-state index in [1.807, 2.05) is 38.1 Å². The predicted octanol–water partition coefficient (Wildman–Crippen LogP) is 4.62. The number of urea groups is 1. The maximum absolute atomic E-state index is 12.3. The SMILES string of the molecule is Cc1cc(N)c2cc(N(C(N)=O)c3ccc4nc(C)cc(N)c4c3)ccc2n1.Cl.Cl. The number of anilines is 4. The van der Waals surface area contributed by atoms with Crippen LogP contribution in [0.2, 0.25) is 0 Å². The van der Waals surface area contributed by atoms with Crippen molar-refractivity contribution in [2.75, 3.05) is 16.4 Å². The Hall–Kier alpha value is -3.29. The van der Waals surface area contributed by atoms with Crippen LogP contribution >= 0.6 is 24.8 Å². The van der Waals surface area contributed by atoms with Gasteiger partial charge < -0.3 is 17.2 Å². The number of rotatable bonds is 2. The number of nitrogen functional groups attached to an aromatic ring is 2. The summed E-state index contributed by atoms with van der Waals surface area (Å²) in [7, 11) is 0. The Morgan fingerprint density at radius 2 is 1.17 bits per heavy atom. The normalized spacial score (nSPS) is 10.3. The van der Waals surface area contributed by atoms with E-state index in [1.54, 1.807) is 24.3 Å². The summed E-state index contributed by atoms with van der Waals surface area (Å²) in [5.41, 5.74) is 23.6. The largest absolute Gasteiger partial charge is 0.398 e. The van der Waals surface area contributed by atoms with Crippen molar-refractivity contribution in [1.29, 1.82) is 0 Å². The molecule has 9 heteroatoms. The van der Waals surface area contributed by atoms with E-state index in [4.69, 9.17) is 17.2 Å². The lowest BCUT2D eigenvalue weighted by atomic mass is 10.1. The van der Waals surface area contributed by atoms with Crippen LogP contribution in [0.15, 0.2) is 48.5 Å². The lowest BCUT2D eigenvalue weighted by Crippen LogP contribution is -2.31. The molecule has 2 amide bonds. The van der Waals surface area contributed by atoms with Crippen LogP contribution in [0.3, 0.4) is 0 Å². The molecule has 0 atom stereocenters. The number of aromatic nitrogens is 2. The van der Waals surface area contributed by atoms with Crippen LogP contribution in [-0.2, 0) is 0 Å². The van der Waals surface area contributed by atoms with Gasteiger partial charge in [-0.3, -0.25) is 14.9 Å². The number of benzene rings is 2. The molecule has 30 heavy (non-hydrogen) atoms. The Morgan fingerprint density at radius 3 is 1.53 bits per heavy atom. The summed E-state index contributed by atoms with van der Waals surface area (Å²) in [6, 6.07) is 13.8. The van der Waals surface area contributed by atoms with Gasteiger partial charge in [-0.15, -0.1) is 24.8 Å². The zero-order valence-corrected chi connectivity index (χ0v) is 18.1. The van der Waals surface area contributed by atoms with Crippen LogP contribution in [0.5, 0.6) is 0 Å². The van der Waals surface area contributed by atoms with Gasteiger partial charge in [0.15, 0.2) is 0 Å². The number of halogens is 2. The van der Waals surface area contributed by atoms with Crippen LogP contribution in [0.1, 0.15) is 11.4 Å². The molecule has 0 aliphatic rings. The Bertz CT molecular complexity index is 1170. The molecule has 0 aliphatic heterocycles. The topological polar surface area (TPSA) is 124 Å². The summed E-state index contributed by atoms with van der Waals surface area (Å²) in [4.78, 5) is 22.7. The second kappa shape index (κ2) is 8.61. The second-order valence-electron chi connectivity index (χ2n) is 6.78. The van der Waals surface area contributed by atoms with Crippen molar-refractivity contribution in [3.8, 4) is 0 Å². The number of carbonyl (C=O) groups is 1. The molecule has 0 unspecified atom stereocenters. The molecule has 2 heterocycles. The third-order valence-corrected chi connectivity index (χ3v) is 4.64. The molecule has 7 nitrogen and oxygen atoms in total. The molecule has 0 bridgehead atoms. The van der Waals surface area contributed by atoms with Crippen molar-refractivity contribution < 1.29 is 4.79 Å². The monoisotopic (exact) mass is 444 g/mol. The summed E-state index contributed by atoms with van der Waals surface area (Å²) < 4.78 is 0. The first-order valence-electron chi connectivity index (χ1n) is 8.77. The number of primary amides is 1. The van der Waals surface area contributed by atoms with Crippen LogP contribution in [0.4, 0.5) is 27.5 Å². The molecule has 156 valence electrons. The molecule has 0 fully saturated rings.